The van der Waals surface area contributed by atoms with Crippen LogP contribution in [-0.2, 0) is 20.8 Å². The molecule has 2 amide bonds. The van der Waals surface area contributed by atoms with E-state index in [1.54, 1.807) is 19.0 Å². The van der Waals surface area contributed by atoms with Crippen LogP contribution in [0, 0.1) is 11.8 Å². The van der Waals surface area contributed by atoms with E-state index in [0.717, 1.165) is 0 Å². The standard InChI is InChI=1S/C24H28N4O9S/c1-26(2)11-7-12(28(38)23(35)36)17(29)14-9(11)5-8-6-10-16(27(3)4)19(31)15(22(25)34)21(33)24(10,37)20(32)13(8)18(14)30/h7-8,10,16,29-30,33,37-38H,5-6H2,1-4H3,(H2,25,34)(H,35,36)/t8-,10-,16-,24-/m0/s1. The van der Waals surface area contributed by atoms with Gasteiger partial charge in [-0.25, -0.2) is 9.10 Å². The van der Waals surface area contributed by atoms with E-state index >= 15 is 0 Å². The van der Waals surface area contributed by atoms with Crippen molar-refractivity contribution in [2.24, 2.45) is 17.6 Å². The Hall–Kier alpha value is -3.75. The fraction of sp³-hybridized carbons (Fsp3) is 0.417. The minimum absolute atomic E-state index is 0.0606. The topological polar surface area (TPSA) is 205 Å². The smallest absolute Gasteiger partial charge is 0.422 e. The molecule has 0 unspecified atom stereocenters. The van der Waals surface area contributed by atoms with Crippen LogP contribution in [-0.4, -0.2) is 93.8 Å². The van der Waals surface area contributed by atoms with Crippen molar-refractivity contribution in [3.8, 4) is 5.75 Å². The number of aliphatic hydroxyl groups is 3. The van der Waals surface area contributed by atoms with Gasteiger partial charge in [0.1, 0.15) is 22.8 Å². The molecule has 4 rings (SSSR count). The average Bonchev–Trinajstić information content (AvgIpc) is 2.80. The summed E-state index contributed by atoms with van der Waals surface area (Å²) in [6, 6.07) is 0.180. The number of carboxylic acid groups (broad SMARTS) is 1. The lowest BCUT2D eigenvalue weighted by molar-refractivity contribution is -0.153. The Morgan fingerprint density at radius 1 is 1.11 bits per heavy atom. The number of ketones is 2. The van der Waals surface area contributed by atoms with E-state index in [1.807, 2.05) is 0 Å². The molecule has 1 saturated carbocycles. The molecule has 7 N–H and O–H groups in total. The van der Waals surface area contributed by atoms with Gasteiger partial charge in [0.15, 0.2) is 17.1 Å². The number of Topliss-reactive ketones (excluding diaryl/α,β-unsaturated/α-hetero) is 2. The monoisotopic (exact) mass is 548 g/mol. The maximum absolute atomic E-state index is 13.9. The normalized spacial score (nSPS) is 26.7. The summed E-state index contributed by atoms with van der Waals surface area (Å²) in [5.41, 5.74) is 1.61. The Kier molecular flexibility index (Phi) is 6.41. The second kappa shape index (κ2) is 8.92. The number of primary amides is 1. The molecule has 0 saturated heterocycles. The van der Waals surface area contributed by atoms with Crippen LogP contribution in [0.15, 0.2) is 23.0 Å². The molecule has 3 aliphatic rings. The molecule has 38 heavy (non-hydrogen) atoms. The molecule has 0 aromatic heterocycles. The largest absolute Gasteiger partial charge is 0.508 e. The van der Waals surface area contributed by atoms with Crippen molar-refractivity contribution in [3.05, 3.63) is 34.1 Å². The van der Waals surface area contributed by atoms with Crippen LogP contribution in [0.4, 0.5) is 16.2 Å². The first-order valence-corrected chi connectivity index (χ1v) is 11.9. The van der Waals surface area contributed by atoms with Crippen molar-refractivity contribution in [1.29, 1.82) is 0 Å². The van der Waals surface area contributed by atoms with Gasteiger partial charge in [-0.3, -0.25) is 19.3 Å². The summed E-state index contributed by atoms with van der Waals surface area (Å²) in [4.78, 5) is 53.7. The van der Waals surface area contributed by atoms with E-state index < -0.39 is 69.9 Å². The zero-order valence-electron chi connectivity index (χ0n) is 21.0. The molecule has 0 radical (unpaired) electrons. The molecule has 1 aromatic carbocycles. The van der Waals surface area contributed by atoms with E-state index in [-0.39, 0.29) is 29.7 Å². The van der Waals surface area contributed by atoms with Crippen molar-refractivity contribution in [3.63, 3.8) is 0 Å². The van der Waals surface area contributed by atoms with E-state index in [9.17, 15) is 44.7 Å². The first-order chi connectivity index (χ1) is 17.6. The molecule has 1 aromatic rings. The highest BCUT2D eigenvalue weighted by Crippen LogP contribution is 2.55. The number of carbonyl (C=O) groups excluding carboxylic acids is 3. The number of anilines is 2. The molecule has 0 spiro atoms. The lowest BCUT2D eigenvalue weighted by atomic mass is 9.57. The number of fused-ring (bicyclic) bond motifs is 3. The lowest BCUT2D eigenvalue weighted by Gasteiger charge is -2.50. The fourth-order valence-corrected chi connectivity index (χ4v) is 6.09. The number of amides is 2. The Bertz CT molecular complexity index is 1370. The molecule has 3 aliphatic carbocycles. The number of hydrogen-bond donors (Lipinski definition) is 7. The number of hydrogen-bond acceptors (Lipinski definition) is 11. The van der Waals surface area contributed by atoms with Crippen LogP contribution < -0.4 is 14.9 Å². The number of phenolic OH excluding ortho intramolecular Hbond substituents is 1. The Morgan fingerprint density at radius 2 is 1.71 bits per heavy atom. The highest BCUT2D eigenvalue weighted by atomic mass is 32.1. The number of benzene rings is 1. The van der Waals surface area contributed by atoms with Gasteiger partial charge < -0.3 is 36.2 Å². The van der Waals surface area contributed by atoms with Crippen LogP contribution in [0.5, 0.6) is 5.75 Å². The van der Waals surface area contributed by atoms with Crippen LogP contribution in [0.1, 0.15) is 17.5 Å². The highest BCUT2D eigenvalue weighted by Gasteiger charge is 2.64. The molecule has 13 nitrogen and oxygen atoms in total. The minimum atomic E-state index is -2.77. The van der Waals surface area contributed by atoms with Gasteiger partial charge in [-0.1, -0.05) is 12.8 Å². The van der Waals surface area contributed by atoms with Crippen molar-refractivity contribution in [2.75, 3.05) is 37.4 Å². The molecule has 204 valence electrons. The zero-order valence-corrected chi connectivity index (χ0v) is 21.9. The van der Waals surface area contributed by atoms with Gasteiger partial charge >= 0.3 is 6.09 Å². The van der Waals surface area contributed by atoms with Crippen LogP contribution in [0.25, 0.3) is 5.76 Å². The van der Waals surface area contributed by atoms with Gasteiger partial charge in [0.05, 0.1) is 11.6 Å². The zero-order chi connectivity index (χ0) is 28.6. The maximum atomic E-state index is 13.9. The molecular formula is C24H28N4O9S. The second-order valence-corrected chi connectivity index (χ2v) is 10.5. The van der Waals surface area contributed by atoms with Gasteiger partial charge in [0.25, 0.3) is 5.91 Å². The maximum Gasteiger partial charge on any atom is 0.422 e. The number of nitrogens with two attached hydrogens (primary N) is 1. The van der Waals surface area contributed by atoms with Gasteiger partial charge in [-0.05, 0) is 44.5 Å². The SMILES string of the molecule is CN(C)c1cc(N(S)C(=O)O)c(O)c2c1C[C@H]1C[C@H]3[C@H](N(C)C)C(=O)C(C(N)=O)=C(O)[C@@]3(O)C(=O)C1=C2O. The molecule has 0 heterocycles. The number of likely N-dealkylation sites (N-methyl/N-ethyl adjacent to an activating group) is 1. The minimum Gasteiger partial charge on any atom is -0.508 e. The molecule has 4 atom stereocenters. The third-order valence-corrected chi connectivity index (χ3v) is 7.95. The van der Waals surface area contributed by atoms with E-state index in [4.69, 9.17) is 5.73 Å². The summed E-state index contributed by atoms with van der Waals surface area (Å²) in [6.45, 7) is 0. The van der Waals surface area contributed by atoms with Crippen LogP contribution in [0.2, 0.25) is 0 Å². The predicted octanol–water partition coefficient (Wildman–Crippen LogP) is 0.359. The van der Waals surface area contributed by atoms with Gasteiger partial charge in [0.2, 0.25) is 5.78 Å². The summed E-state index contributed by atoms with van der Waals surface area (Å²) >= 11 is 3.89. The number of phenols is 1. The second-order valence-electron chi connectivity index (χ2n) is 10.1. The van der Waals surface area contributed by atoms with Crippen LogP contribution >= 0.6 is 12.8 Å². The fourth-order valence-electron chi connectivity index (χ4n) is 5.94. The van der Waals surface area contributed by atoms with Gasteiger partial charge in [-0.2, -0.15) is 0 Å². The Balaban J connectivity index is 2.02. The molecule has 1 fully saturated rings. The molecule has 0 aliphatic heterocycles. The first kappa shape index (κ1) is 27.3. The Morgan fingerprint density at radius 3 is 2.21 bits per heavy atom. The number of rotatable bonds is 4. The van der Waals surface area contributed by atoms with Crippen molar-refractivity contribution in [2.45, 2.75) is 24.5 Å². The van der Waals surface area contributed by atoms with E-state index in [2.05, 4.69) is 12.8 Å². The van der Waals surface area contributed by atoms with Crippen molar-refractivity contribution >= 4 is 53.5 Å². The summed E-state index contributed by atoms with van der Waals surface area (Å²) in [6.07, 6.45) is -1.51. The van der Waals surface area contributed by atoms with Gasteiger partial charge in [-0.15, -0.1) is 0 Å². The van der Waals surface area contributed by atoms with E-state index in [1.165, 1.54) is 25.1 Å². The molecular weight excluding hydrogens is 520 g/mol. The summed E-state index contributed by atoms with van der Waals surface area (Å²) in [5, 5.41) is 54.3. The number of nitrogens with zero attached hydrogens (tertiary/aromatic N) is 3. The lowest BCUT2D eigenvalue weighted by Crippen LogP contribution is -2.65. The van der Waals surface area contributed by atoms with E-state index in [0.29, 0.717) is 15.6 Å². The average molecular weight is 549 g/mol. The Labute approximate surface area is 222 Å². The molecule has 0 bridgehead atoms. The summed E-state index contributed by atoms with van der Waals surface area (Å²) in [7, 11) is 6.36. The highest BCUT2D eigenvalue weighted by molar-refractivity contribution is 7.82. The number of carbonyl (C=O) groups is 4. The summed E-state index contributed by atoms with van der Waals surface area (Å²) in [5.74, 6) is -7.86. The van der Waals surface area contributed by atoms with Gasteiger partial charge in [0, 0.05) is 31.3 Å². The van der Waals surface area contributed by atoms with Crippen LogP contribution in [0.3, 0.4) is 0 Å². The third-order valence-electron chi connectivity index (χ3n) is 7.57. The quantitative estimate of drug-likeness (QED) is 0.202. The van der Waals surface area contributed by atoms with Crippen molar-refractivity contribution in [1.82, 2.24) is 4.90 Å². The number of thiol groups is 1. The first-order valence-electron chi connectivity index (χ1n) is 11.5. The van der Waals surface area contributed by atoms with Crippen molar-refractivity contribution < 1.29 is 44.7 Å². The third kappa shape index (κ3) is 3.55. The summed E-state index contributed by atoms with van der Waals surface area (Å²) < 4.78 is 0.445. The predicted molar refractivity (Wildman–Crippen MR) is 138 cm³/mol. The number of aromatic hydroxyl groups is 1. The number of aliphatic hydroxyl groups excluding tert-OH is 2. The molecule has 14 heteroatoms.